The number of rotatable bonds is 7. The van der Waals surface area contributed by atoms with E-state index in [0.717, 1.165) is 36.3 Å². The summed E-state index contributed by atoms with van der Waals surface area (Å²) in [5, 5.41) is 1.19. The number of ether oxygens (including phenoxy) is 1. The fourth-order valence-corrected chi connectivity index (χ4v) is 3.38. The molecule has 2 aromatic rings. The Balaban J connectivity index is 2.44. The standard InChI is InChI=1S/C16H22N2OS/c1-3-7-15-18-16(14(20-15)10-11-17)12-8-5-6-9-13(12)19-4-2/h5-6,8-9H,3-4,7,10-11,17H2,1-2H3. The van der Waals surface area contributed by atoms with Crippen molar-refractivity contribution in [3.8, 4) is 17.0 Å². The third-order valence-electron chi connectivity index (χ3n) is 3.02. The summed E-state index contributed by atoms with van der Waals surface area (Å²) in [6.07, 6.45) is 3.01. The van der Waals surface area contributed by atoms with Crippen molar-refractivity contribution in [1.29, 1.82) is 0 Å². The van der Waals surface area contributed by atoms with Gasteiger partial charge in [-0.15, -0.1) is 11.3 Å². The third-order valence-corrected chi connectivity index (χ3v) is 4.19. The second-order valence-electron chi connectivity index (χ2n) is 4.60. The Morgan fingerprint density at radius 1 is 1.20 bits per heavy atom. The molecule has 1 aromatic carbocycles. The molecule has 0 atom stereocenters. The van der Waals surface area contributed by atoms with Gasteiger partial charge in [0.2, 0.25) is 0 Å². The van der Waals surface area contributed by atoms with Gasteiger partial charge in [0.1, 0.15) is 5.75 Å². The van der Waals surface area contributed by atoms with Gasteiger partial charge in [-0.2, -0.15) is 0 Å². The molecule has 3 nitrogen and oxygen atoms in total. The number of aryl methyl sites for hydroxylation is 1. The smallest absolute Gasteiger partial charge is 0.128 e. The number of hydrogen-bond acceptors (Lipinski definition) is 4. The predicted octanol–water partition coefficient (Wildman–Crippen LogP) is 3.66. The molecule has 0 fully saturated rings. The highest BCUT2D eigenvalue weighted by atomic mass is 32.1. The SMILES string of the molecule is CCCc1nc(-c2ccccc2OCC)c(CCN)s1. The summed E-state index contributed by atoms with van der Waals surface area (Å²) in [6.45, 7) is 5.49. The normalized spacial score (nSPS) is 10.8. The van der Waals surface area contributed by atoms with Crippen LogP contribution in [-0.4, -0.2) is 18.1 Å². The average Bonchev–Trinajstić information content (AvgIpc) is 2.83. The Morgan fingerprint density at radius 3 is 2.70 bits per heavy atom. The minimum absolute atomic E-state index is 0.650. The van der Waals surface area contributed by atoms with Crippen LogP contribution in [0, 0.1) is 0 Å². The van der Waals surface area contributed by atoms with Crippen molar-refractivity contribution in [1.82, 2.24) is 4.98 Å². The van der Waals surface area contributed by atoms with E-state index < -0.39 is 0 Å². The van der Waals surface area contributed by atoms with Gasteiger partial charge in [-0.05, 0) is 44.9 Å². The molecule has 108 valence electrons. The van der Waals surface area contributed by atoms with E-state index in [0.29, 0.717) is 13.2 Å². The largest absolute Gasteiger partial charge is 0.493 e. The molecule has 0 saturated heterocycles. The highest BCUT2D eigenvalue weighted by Crippen LogP contribution is 2.35. The zero-order chi connectivity index (χ0) is 14.4. The molecule has 0 unspecified atom stereocenters. The molecule has 0 bridgehead atoms. The van der Waals surface area contributed by atoms with Crippen LogP contribution in [0.5, 0.6) is 5.75 Å². The van der Waals surface area contributed by atoms with Crippen LogP contribution in [0.25, 0.3) is 11.3 Å². The Hall–Kier alpha value is -1.39. The second-order valence-corrected chi connectivity index (χ2v) is 5.77. The summed E-state index contributed by atoms with van der Waals surface area (Å²) in [4.78, 5) is 6.08. The van der Waals surface area contributed by atoms with Gasteiger partial charge in [-0.1, -0.05) is 19.1 Å². The van der Waals surface area contributed by atoms with E-state index >= 15 is 0 Å². The molecule has 20 heavy (non-hydrogen) atoms. The van der Waals surface area contributed by atoms with Crippen LogP contribution in [0.3, 0.4) is 0 Å². The number of nitrogens with zero attached hydrogens (tertiary/aromatic N) is 1. The van der Waals surface area contributed by atoms with Crippen LogP contribution in [0.4, 0.5) is 0 Å². The Morgan fingerprint density at radius 2 is 2.00 bits per heavy atom. The monoisotopic (exact) mass is 290 g/mol. The zero-order valence-electron chi connectivity index (χ0n) is 12.2. The van der Waals surface area contributed by atoms with E-state index in [-0.39, 0.29) is 0 Å². The van der Waals surface area contributed by atoms with Crippen molar-refractivity contribution < 1.29 is 4.74 Å². The summed E-state index contributed by atoms with van der Waals surface area (Å²) in [7, 11) is 0. The second kappa shape index (κ2) is 7.41. The van der Waals surface area contributed by atoms with Crippen LogP contribution < -0.4 is 10.5 Å². The van der Waals surface area contributed by atoms with E-state index in [9.17, 15) is 0 Å². The highest BCUT2D eigenvalue weighted by Gasteiger charge is 2.15. The van der Waals surface area contributed by atoms with Gasteiger partial charge in [-0.3, -0.25) is 0 Å². The number of aromatic nitrogens is 1. The maximum Gasteiger partial charge on any atom is 0.128 e. The molecule has 4 heteroatoms. The zero-order valence-corrected chi connectivity index (χ0v) is 13.0. The van der Waals surface area contributed by atoms with Crippen molar-refractivity contribution in [2.45, 2.75) is 33.1 Å². The van der Waals surface area contributed by atoms with Crippen molar-refractivity contribution in [3.63, 3.8) is 0 Å². The number of para-hydroxylation sites is 1. The van der Waals surface area contributed by atoms with Gasteiger partial charge in [0.25, 0.3) is 0 Å². The molecule has 0 saturated carbocycles. The molecule has 0 aliphatic carbocycles. The van der Waals surface area contributed by atoms with E-state index in [4.69, 9.17) is 15.5 Å². The lowest BCUT2D eigenvalue weighted by Gasteiger charge is -2.09. The molecule has 0 spiro atoms. The minimum Gasteiger partial charge on any atom is -0.493 e. The van der Waals surface area contributed by atoms with E-state index in [2.05, 4.69) is 13.0 Å². The molecule has 0 amide bonds. The molecular formula is C16H22N2OS. The minimum atomic E-state index is 0.650. The van der Waals surface area contributed by atoms with Gasteiger partial charge in [-0.25, -0.2) is 4.98 Å². The molecule has 1 heterocycles. The van der Waals surface area contributed by atoms with Gasteiger partial charge in [0.05, 0.1) is 17.3 Å². The third kappa shape index (κ3) is 3.38. The Bertz CT molecular complexity index is 551. The molecule has 2 N–H and O–H groups in total. The molecular weight excluding hydrogens is 268 g/mol. The van der Waals surface area contributed by atoms with Crippen LogP contribution in [0.15, 0.2) is 24.3 Å². The topological polar surface area (TPSA) is 48.1 Å². The number of nitrogens with two attached hydrogens (primary N) is 1. The van der Waals surface area contributed by atoms with Crippen molar-refractivity contribution in [2.24, 2.45) is 5.73 Å². The lowest BCUT2D eigenvalue weighted by molar-refractivity contribution is 0.341. The summed E-state index contributed by atoms with van der Waals surface area (Å²) < 4.78 is 5.73. The van der Waals surface area contributed by atoms with Crippen molar-refractivity contribution in [3.05, 3.63) is 34.2 Å². The van der Waals surface area contributed by atoms with E-state index in [1.54, 1.807) is 11.3 Å². The molecule has 0 radical (unpaired) electrons. The fourth-order valence-electron chi connectivity index (χ4n) is 2.18. The quantitative estimate of drug-likeness (QED) is 0.846. The van der Waals surface area contributed by atoms with Crippen LogP contribution in [-0.2, 0) is 12.8 Å². The highest BCUT2D eigenvalue weighted by molar-refractivity contribution is 7.12. The van der Waals surface area contributed by atoms with Crippen molar-refractivity contribution >= 4 is 11.3 Å². The predicted molar refractivity (Wildman–Crippen MR) is 85.5 cm³/mol. The van der Waals surface area contributed by atoms with Crippen LogP contribution >= 0.6 is 11.3 Å². The van der Waals surface area contributed by atoms with Crippen LogP contribution in [0.2, 0.25) is 0 Å². The fraction of sp³-hybridized carbons (Fsp3) is 0.438. The molecule has 0 aliphatic heterocycles. The number of thiazole rings is 1. The summed E-state index contributed by atoms with van der Waals surface area (Å²) >= 11 is 1.78. The van der Waals surface area contributed by atoms with Gasteiger partial charge in [0.15, 0.2) is 0 Å². The lowest BCUT2D eigenvalue weighted by Crippen LogP contribution is -2.02. The lowest BCUT2D eigenvalue weighted by atomic mass is 10.1. The first-order valence-electron chi connectivity index (χ1n) is 7.21. The Kier molecular flexibility index (Phi) is 5.56. The molecule has 0 aliphatic rings. The average molecular weight is 290 g/mol. The number of benzene rings is 1. The number of hydrogen-bond donors (Lipinski definition) is 1. The van der Waals surface area contributed by atoms with Gasteiger partial charge in [0, 0.05) is 10.4 Å². The Labute approximate surface area is 124 Å². The first kappa shape index (κ1) is 15.0. The van der Waals surface area contributed by atoms with Crippen LogP contribution in [0.1, 0.15) is 30.2 Å². The molecule has 2 rings (SSSR count). The first-order valence-corrected chi connectivity index (χ1v) is 8.02. The van der Waals surface area contributed by atoms with Crippen molar-refractivity contribution in [2.75, 3.05) is 13.2 Å². The summed E-state index contributed by atoms with van der Waals surface area (Å²) in [5.41, 5.74) is 7.86. The van der Waals surface area contributed by atoms with Gasteiger partial charge >= 0.3 is 0 Å². The summed E-state index contributed by atoms with van der Waals surface area (Å²) in [6, 6.07) is 8.11. The van der Waals surface area contributed by atoms with Gasteiger partial charge < -0.3 is 10.5 Å². The molecule has 1 aromatic heterocycles. The summed E-state index contributed by atoms with van der Waals surface area (Å²) in [5.74, 6) is 0.904. The maximum absolute atomic E-state index is 5.74. The van der Waals surface area contributed by atoms with E-state index in [1.807, 2.05) is 25.1 Å². The maximum atomic E-state index is 5.74. The first-order chi connectivity index (χ1) is 9.80. The van der Waals surface area contributed by atoms with E-state index in [1.165, 1.54) is 9.88 Å².